The van der Waals surface area contributed by atoms with Gasteiger partial charge >= 0.3 is 5.97 Å². The Kier molecular flexibility index (Phi) is 10.0. The van der Waals surface area contributed by atoms with Gasteiger partial charge in [0.15, 0.2) is 0 Å². The number of halogens is 1. The van der Waals surface area contributed by atoms with Gasteiger partial charge in [-0.15, -0.1) is 0 Å². The van der Waals surface area contributed by atoms with E-state index in [9.17, 15) is 19.5 Å². The number of allylic oxidation sites excluding steroid dienone is 1. The molecule has 2 N–H and O–H groups in total. The Hall–Kier alpha value is -3.80. The molecule has 3 fully saturated rings. The highest BCUT2D eigenvalue weighted by molar-refractivity contribution is 9.11. The molecule has 1 saturated carbocycles. The zero-order chi connectivity index (χ0) is 35.0. The van der Waals surface area contributed by atoms with Crippen LogP contribution in [0.25, 0.3) is 0 Å². The highest BCUT2D eigenvalue weighted by Crippen LogP contribution is 2.60. The highest BCUT2D eigenvalue weighted by Gasteiger charge is 2.75. The Morgan fingerprint density at radius 3 is 2.34 bits per heavy atom. The fraction of sp³-hybridized carbons (Fsp3) is 0.487. The molecule has 4 aliphatic heterocycles. The van der Waals surface area contributed by atoms with E-state index in [1.807, 2.05) is 77.7 Å². The summed E-state index contributed by atoms with van der Waals surface area (Å²) in [6, 6.07) is 15.8. The molecule has 264 valence electrons. The molecule has 1 spiro atoms. The first-order chi connectivity index (χ1) is 24.2. The minimum atomic E-state index is -1.48. The van der Waals surface area contributed by atoms with Crippen molar-refractivity contribution in [3.63, 3.8) is 0 Å². The van der Waals surface area contributed by atoms with Gasteiger partial charge < -0.3 is 29.7 Å². The summed E-state index contributed by atoms with van der Waals surface area (Å²) in [5.41, 5.74) is -0.106. The molecule has 0 aromatic heterocycles. The van der Waals surface area contributed by atoms with Crippen LogP contribution in [0.3, 0.4) is 0 Å². The maximum absolute atomic E-state index is 15.3. The number of fused-ring (bicyclic) bond motifs is 2. The zero-order valence-corrected chi connectivity index (χ0v) is 29.7. The van der Waals surface area contributed by atoms with E-state index in [0.717, 1.165) is 32.1 Å². The molecule has 2 saturated heterocycles. The summed E-state index contributed by atoms with van der Waals surface area (Å²) in [6.07, 6.45) is 9.38. The summed E-state index contributed by atoms with van der Waals surface area (Å²) in [7, 11) is 0. The van der Waals surface area contributed by atoms with Gasteiger partial charge in [0.1, 0.15) is 29.8 Å². The van der Waals surface area contributed by atoms with Crippen molar-refractivity contribution in [1.29, 1.82) is 0 Å². The predicted molar refractivity (Wildman–Crippen MR) is 188 cm³/mol. The Morgan fingerprint density at radius 1 is 0.940 bits per heavy atom. The molecule has 1 aliphatic carbocycles. The number of cyclic esters (lactones) is 1. The van der Waals surface area contributed by atoms with Crippen molar-refractivity contribution in [2.75, 3.05) is 13.2 Å². The average molecular weight is 747 g/mol. The summed E-state index contributed by atoms with van der Waals surface area (Å²) in [5.74, 6) is -3.71. The molecule has 7 rings (SSSR count). The maximum atomic E-state index is 15.3. The lowest BCUT2D eigenvalue weighted by atomic mass is 9.74. The highest BCUT2D eigenvalue weighted by atomic mass is 79.9. The number of nitrogens with one attached hydrogen (secondary N) is 1. The summed E-state index contributed by atoms with van der Waals surface area (Å²) in [5, 5.41) is 13.9. The standard InChI is InChI=1S/C39H44BrN3O7/c1-24-33(26-16-8-3-9-17-26)49-38(48)31-32-36(46)43(29(23-44)25-14-6-2-7-15-25)35(39(32)22-28(40)34(31)50-39)37(47)42(27-18-10-4-11-19-27)21-13-5-12-20-30(45)41-24/h2-3,5-9,13-17,22,24,27,29,31-35,44H,4,10-12,18-21,23H2,1H3,(H,41,45)/b13-5-/t24-,29-,31+,32-,33+,34+,35+,39-/m1/s1. The number of likely N-dealkylation sites (tertiary alicyclic amines) is 1. The number of benzene rings is 2. The molecule has 10 nitrogen and oxygen atoms in total. The van der Waals surface area contributed by atoms with Crippen molar-refractivity contribution < 1.29 is 33.8 Å². The van der Waals surface area contributed by atoms with Gasteiger partial charge in [0.05, 0.1) is 24.6 Å². The van der Waals surface area contributed by atoms with Crippen LogP contribution in [-0.4, -0.2) is 81.6 Å². The fourth-order valence-corrected chi connectivity index (χ4v) is 9.50. The first kappa shape index (κ1) is 34.6. The van der Waals surface area contributed by atoms with Gasteiger partial charge in [-0.3, -0.25) is 19.2 Å². The second-order valence-electron chi connectivity index (χ2n) is 14.1. The largest absolute Gasteiger partial charge is 0.455 e. The number of nitrogens with zero attached hydrogens (tertiary/aromatic N) is 2. The second-order valence-corrected chi connectivity index (χ2v) is 15.0. The number of aliphatic hydroxyl groups is 1. The van der Waals surface area contributed by atoms with Crippen LogP contribution in [0.2, 0.25) is 0 Å². The lowest BCUT2D eigenvalue weighted by Crippen LogP contribution is -2.58. The Morgan fingerprint density at radius 2 is 1.64 bits per heavy atom. The molecule has 5 aliphatic rings. The zero-order valence-electron chi connectivity index (χ0n) is 28.2. The smallest absolute Gasteiger partial charge is 0.313 e. The number of ether oxygens (including phenoxy) is 2. The predicted octanol–water partition coefficient (Wildman–Crippen LogP) is 4.89. The Bertz CT molecular complexity index is 1660. The number of aliphatic hydroxyl groups excluding tert-OH is 1. The van der Waals surface area contributed by atoms with Crippen LogP contribution in [0.1, 0.15) is 75.1 Å². The van der Waals surface area contributed by atoms with E-state index < -0.39 is 66.3 Å². The van der Waals surface area contributed by atoms with Crippen LogP contribution in [0.15, 0.2) is 83.4 Å². The molecule has 8 atom stereocenters. The first-order valence-corrected chi connectivity index (χ1v) is 18.6. The van der Waals surface area contributed by atoms with E-state index in [1.54, 1.807) is 13.0 Å². The van der Waals surface area contributed by atoms with Gasteiger partial charge in [-0.2, -0.15) is 0 Å². The van der Waals surface area contributed by atoms with Crippen molar-refractivity contribution in [2.45, 2.75) is 93.8 Å². The van der Waals surface area contributed by atoms with E-state index in [-0.39, 0.29) is 24.3 Å². The molecule has 50 heavy (non-hydrogen) atoms. The normalized spacial score (nSPS) is 33.5. The van der Waals surface area contributed by atoms with Crippen LogP contribution in [0, 0.1) is 11.8 Å². The molecule has 0 radical (unpaired) electrons. The lowest BCUT2D eigenvalue weighted by Gasteiger charge is -2.42. The van der Waals surface area contributed by atoms with Crippen LogP contribution in [0.5, 0.6) is 0 Å². The Balaban J connectivity index is 1.36. The van der Waals surface area contributed by atoms with Crippen LogP contribution in [0.4, 0.5) is 0 Å². The summed E-state index contributed by atoms with van der Waals surface area (Å²) >= 11 is 3.64. The monoisotopic (exact) mass is 745 g/mol. The van der Waals surface area contributed by atoms with Crippen molar-refractivity contribution in [2.24, 2.45) is 11.8 Å². The lowest BCUT2D eigenvalue weighted by molar-refractivity contribution is -0.162. The van der Waals surface area contributed by atoms with Gasteiger partial charge in [0.25, 0.3) is 0 Å². The van der Waals surface area contributed by atoms with E-state index in [2.05, 4.69) is 21.2 Å². The summed E-state index contributed by atoms with van der Waals surface area (Å²) < 4.78 is 13.6. The second kappa shape index (κ2) is 14.4. The first-order valence-electron chi connectivity index (χ1n) is 17.8. The van der Waals surface area contributed by atoms with Crippen molar-refractivity contribution in [1.82, 2.24) is 15.1 Å². The van der Waals surface area contributed by atoms with Crippen LogP contribution < -0.4 is 5.32 Å². The molecule has 2 aromatic carbocycles. The molecule has 2 aromatic rings. The fourth-order valence-electron chi connectivity index (χ4n) is 8.77. The number of hydrogen-bond acceptors (Lipinski definition) is 7. The third-order valence-electron chi connectivity index (χ3n) is 11.1. The SMILES string of the molecule is C[C@H]1NC(=O)CC/C=C\CN(C2CCCCC2)C(=O)[C@@H]2N([C@H](CO)c3ccccc3)C(=O)[C@H]3[C@H](C(=O)O[C@@H]1c1ccccc1)[C@H]1O[C@@]23C=C1Br. The third kappa shape index (κ3) is 6.11. The third-order valence-corrected chi connectivity index (χ3v) is 11.8. The summed E-state index contributed by atoms with van der Waals surface area (Å²) in [4.78, 5) is 61.2. The van der Waals surface area contributed by atoms with Crippen LogP contribution in [-0.2, 0) is 28.7 Å². The van der Waals surface area contributed by atoms with Gasteiger partial charge in [0.2, 0.25) is 17.7 Å². The van der Waals surface area contributed by atoms with Crippen molar-refractivity contribution >= 4 is 39.6 Å². The maximum Gasteiger partial charge on any atom is 0.313 e. The van der Waals surface area contributed by atoms with Crippen molar-refractivity contribution in [3.05, 3.63) is 94.5 Å². The number of carbonyl (C=O) groups excluding carboxylic acids is 4. The van der Waals surface area contributed by atoms with Gasteiger partial charge in [-0.1, -0.05) is 108 Å². The van der Waals surface area contributed by atoms with Gasteiger partial charge in [0, 0.05) is 23.5 Å². The molecule has 4 heterocycles. The van der Waals surface area contributed by atoms with Gasteiger partial charge in [-0.25, -0.2) is 0 Å². The van der Waals surface area contributed by atoms with Crippen molar-refractivity contribution in [3.8, 4) is 0 Å². The van der Waals surface area contributed by atoms with Crippen LogP contribution >= 0.6 is 15.9 Å². The minimum absolute atomic E-state index is 0.0535. The number of carbonyl (C=O) groups is 4. The molecular weight excluding hydrogens is 702 g/mol. The summed E-state index contributed by atoms with van der Waals surface area (Å²) in [6.45, 7) is 1.67. The Labute approximate surface area is 301 Å². The molecule has 0 unspecified atom stereocenters. The minimum Gasteiger partial charge on any atom is -0.455 e. The number of esters is 1. The number of hydrogen-bond donors (Lipinski definition) is 2. The molecule has 11 heteroatoms. The number of amides is 3. The van der Waals surface area contributed by atoms with E-state index >= 15 is 4.79 Å². The van der Waals surface area contributed by atoms with E-state index in [4.69, 9.17) is 9.47 Å². The molecule has 5 bridgehead atoms. The molecular formula is C39H44BrN3O7. The average Bonchev–Trinajstić information content (AvgIpc) is 3.73. The molecule has 3 amide bonds. The van der Waals surface area contributed by atoms with E-state index in [0.29, 0.717) is 28.6 Å². The topological polar surface area (TPSA) is 125 Å². The quantitative estimate of drug-likeness (QED) is 0.330. The van der Waals surface area contributed by atoms with Gasteiger partial charge in [-0.05, 0) is 43.4 Å². The van der Waals surface area contributed by atoms with E-state index in [1.165, 1.54) is 4.90 Å². The number of rotatable bonds is 5.